The summed E-state index contributed by atoms with van der Waals surface area (Å²) in [7, 11) is 1.64. The van der Waals surface area contributed by atoms with Crippen LogP contribution in [-0.4, -0.2) is 12.9 Å². The molecule has 2 nitrogen and oxygen atoms in total. The zero-order valence-electron chi connectivity index (χ0n) is 13.3. The highest BCUT2D eigenvalue weighted by Crippen LogP contribution is 2.39. The minimum Gasteiger partial charge on any atom is -0.497 e. The molecule has 0 bridgehead atoms. The molecular weight excluding hydrogens is 296 g/mol. The molecule has 0 atom stereocenters. The smallest absolute Gasteiger partial charge is 0.194 e. The van der Waals surface area contributed by atoms with Gasteiger partial charge in [0.05, 0.1) is 7.11 Å². The van der Waals surface area contributed by atoms with Crippen LogP contribution >= 0.6 is 0 Å². The Morgan fingerprint density at radius 1 is 0.708 bits per heavy atom. The van der Waals surface area contributed by atoms with Gasteiger partial charge in [0, 0.05) is 11.1 Å². The summed E-state index contributed by atoms with van der Waals surface area (Å²) in [6, 6.07) is 23.6. The van der Waals surface area contributed by atoms with Gasteiger partial charge >= 0.3 is 0 Å². The van der Waals surface area contributed by atoms with E-state index in [0.29, 0.717) is 0 Å². The van der Waals surface area contributed by atoms with E-state index in [2.05, 4.69) is 6.07 Å². The van der Waals surface area contributed by atoms with Crippen LogP contribution in [0.2, 0.25) is 0 Å². The second kappa shape index (κ2) is 5.82. The number of ether oxygens (including phenoxy) is 1. The second-order valence-electron chi connectivity index (χ2n) is 5.75. The first-order valence-corrected chi connectivity index (χ1v) is 7.87. The molecular formula is C22H16O2. The fourth-order valence-corrected chi connectivity index (χ4v) is 3.15. The van der Waals surface area contributed by atoms with E-state index in [-0.39, 0.29) is 5.78 Å². The van der Waals surface area contributed by atoms with Crippen molar-refractivity contribution in [1.29, 1.82) is 0 Å². The maximum Gasteiger partial charge on any atom is 0.194 e. The van der Waals surface area contributed by atoms with Crippen LogP contribution in [0.15, 0.2) is 72.8 Å². The van der Waals surface area contributed by atoms with E-state index in [1.54, 1.807) is 7.11 Å². The Hall–Kier alpha value is -3.13. The van der Waals surface area contributed by atoms with Gasteiger partial charge in [-0.05, 0) is 40.5 Å². The number of carbonyl (C=O) groups excluding carboxylic acids is 1. The average molecular weight is 312 g/mol. The van der Waals surface area contributed by atoms with Crippen molar-refractivity contribution in [2.24, 2.45) is 0 Å². The standard InChI is InChI=1S/C22H16O2/c1-24-16-12-10-15(11-13-16)14-21-19-8-3-2-6-17(19)18-7-4-5-9-20(18)22(21)23/h2-14H,1H3/b21-14-. The lowest BCUT2D eigenvalue weighted by Gasteiger charge is -2.21. The van der Waals surface area contributed by atoms with Crippen molar-refractivity contribution in [1.82, 2.24) is 0 Å². The normalized spacial score (nSPS) is 14.2. The molecule has 1 aliphatic rings. The molecule has 3 aromatic rings. The van der Waals surface area contributed by atoms with Crippen molar-refractivity contribution in [3.05, 3.63) is 89.5 Å². The van der Waals surface area contributed by atoms with Gasteiger partial charge in [0.1, 0.15) is 5.75 Å². The van der Waals surface area contributed by atoms with Gasteiger partial charge < -0.3 is 4.74 Å². The maximum absolute atomic E-state index is 13.0. The van der Waals surface area contributed by atoms with Gasteiger partial charge in [-0.2, -0.15) is 0 Å². The van der Waals surface area contributed by atoms with Crippen molar-refractivity contribution in [2.75, 3.05) is 7.11 Å². The molecule has 0 aromatic heterocycles. The summed E-state index contributed by atoms with van der Waals surface area (Å²) < 4.78 is 5.20. The summed E-state index contributed by atoms with van der Waals surface area (Å²) in [6.45, 7) is 0. The van der Waals surface area contributed by atoms with Crippen molar-refractivity contribution < 1.29 is 9.53 Å². The number of benzene rings is 3. The number of Topliss-reactive ketones (excluding diaryl/α,β-unsaturated/α-hetero) is 1. The lowest BCUT2D eigenvalue weighted by molar-refractivity contribution is 0.105. The maximum atomic E-state index is 13.0. The minimum absolute atomic E-state index is 0.0696. The monoisotopic (exact) mass is 312 g/mol. The molecule has 0 radical (unpaired) electrons. The predicted molar refractivity (Wildman–Crippen MR) is 97.1 cm³/mol. The number of rotatable bonds is 2. The Morgan fingerprint density at radius 3 is 1.88 bits per heavy atom. The minimum atomic E-state index is 0.0696. The van der Waals surface area contributed by atoms with Crippen LogP contribution in [-0.2, 0) is 0 Å². The summed E-state index contributed by atoms with van der Waals surface area (Å²) in [5.74, 6) is 0.873. The third kappa shape index (κ3) is 2.33. The molecule has 0 spiro atoms. The summed E-state index contributed by atoms with van der Waals surface area (Å²) in [6.07, 6.45) is 1.95. The summed E-state index contributed by atoms with van der Waals surface area (Å²) in [5, 5.41) is 0. The van der Waals surface area contributed by atoms with E-state index < -0.39 is 0 Å². The molecule has 0 saturated carbocycles. The third-order valence-corrected chi connectivity index (χ3v) is 4.35. The Morgan fingerprint density at radius 2 is 1.25 bits per heavy atom. The molecule has 0 N–H and O–H groups in total. The summed E-state index contributed by atoms with van der Waals surface area (Å²) in [4.78, 5) is 13.0. The lowest BCUT2D eigenvalue weighted by atomic mass is 9.81. The predicted octanol–water partition coefficient (Wildman–Crippen LogP) is 5.10. The van der Waals surface area contributed by atoms with Crippen LogP contribution in [0.25, 0.3) is 22.8 Å². The average Bonchev–Trinajstić information content (AvgIpc) is 2.65. The van der Waals surface area contributed by atoms with Gasteiger partial charge in [-0.3, -0.25) is 4.79 Å². The number of methoxy groups -OCH3 is 1. The number of allylic oxidation sites excluding steroid dienone is 1. The van der Waals surface area contributed by atoms with Crippen LogP contribution in [0, 0.1) is 0 Å². The zero-order chi connectivity index (χ0) is 16.5. The van der Waals surface area contributed by atoms with Gasteiger partial charge in [0.2, 0.25) is 0 Å². The first-order valence-electron chi connectivity index (χ1n) is 7.87. The molecule has 0 fully saturated rings. The van der Waals surface area contributed by atoms with E-state index >= 15 is 0 Å². The molecule has 0 aliphatic heterocycles. The Labute approximate surface area is 141 Å². The molecule has 0 heterocycles. The van der Waals surface area contributed by atoms with Crippen LogP contribution < -0.4 is 4.74 Å². The highest BCUT2D eigenvalue weighted by molar-refractivity contribution is 6.37. The van der Waals surface area contributed by atoms with E-state index in [4.69, 9.17) is 4.74 Å². The topological polar surface area (TPSA) is 26.3 Å². The van der Waals surface area contributed by atoms with Gasteiger partial charge in [-0.1, -0.05) is 60.7 Å². The van der Waals surface area contributed by atoms with Crippen LogP contribution in [0.5, 0.6) is 5.75 Å². The van der Waals surface area contributed by atoms with Gasteiger partial charge in [-0.25, -0.2) is 0 Å². The van der Waals surface area contributed by atoms with E-state index in [1.807, 2.05) is 72.8 Å². The molecule has 0 unspecified atom stereocenters. The highest BCUT2D eigenvalue weighted by Gasteiger charge is 2.26. The fraction of sp³-hybridized carbons (Fsp3) is 0.0455. The quantitative estimate of drug-likeness (QED) is 0.615. The summed E-state index contributed by atoms with van der Waals surface area (Å²) >= 11 is 0. The molecule has 24 heavy (non-hydrogen) atoms. The SMILES string of the molecule is COc1ccc(/C=C2\C(=O)c3ccccc3-c3ccccc32)cc1. The lowest BCUT2D eigenvalue weighted by Crippen LogP contribution is -2.11. The molecule has 0 amide bonds. The zero-order valence-corrected chi connectivity index (χ0v) is 13.3. The molecule has 3 aromatic carbocycles. The highest BCUT2D eigenvalue weighted by atomic mass is 16.5. The van der Waals surface area contributed by atoms with Crippen LogP contribution in [0.3, 0.4) is 0 Å². The van der Waals surface area contributed by atoms with E-state index in [1.165, 1.54) is 0 Å². The number of hydrogen-bond donors (Lipinski definition) is 0. The second-order valence-corrected chi connectivity index (χ2v) is 5.75. The number of fused-ring (bicyclic) bond motifs is 3. The van der Waals surface area contributed by atoms with Gasteiger partial charge in [0.15, 0.2) is 5.78 Å². The van der Waals surface area contributed by atoms with Gasteiger partial charge in [0.25, 0.3) is 0 Å². The number of ketones is 1. The molecule has 0 saturated heterocycles. The third-order valence-electron chi connectivity index (χ3n) is 4.35. The fourth-order valence-electron chi connectivity index (χ4n) is 3.15. The molecule has 116 valence electrons. The van der Waals surface area contributed by atoms with E-state index in [0.717, 1.165) is 39.1 Å². The first-order chi connectivity index (χ1) is 11.8. The van der Waals surface area contributed by atoms with Crippen molar-refractivity contribution >= 4 is 17.4 Å². The van der Waals surface area contributed by atoms with Crippen molar-refractivity contribution in [3.63, 3.8) is 0 Å². The first kappa shape index (κ1) is 14.5. The number of hydrogen-bond acceptors (Lipinski definition) is 2. The molecule has 1 aliphatic carbocycles. The van der Waals surface area contributed by atoms with Crippen LogP contribution in [0.1, 0.15) is 21.5 Å². The van der Waals surface area contributed by atoms with Crippen molar-refractivity contribution in [2.45, 2.75) is 0 Å². The Balaban J connectivity index is 1.89. The largest absolute Gasteiger partial charge is 0.497 e. The molecule has 4 rings (SSSR count). The Kier molecular flexibility index (Phi) is 3.51. The van der Waals surface area contributed by atoms with E-state index in [9.17, 15) is 4.79 Å². The Bertz CT molecular complexity index is 950. The van der Waals surface area contributed by atoms with Gasteiger partial charge in [-0.15, -0.1) is 0 Å². The summed E-state index contributed by atoms with van der Waals surface area (Å²) in [5.41, 5.74) is 5.56. The molecule has 2 heteroatoms. The van der Waals surface area contributed by atoms with Crippen molar-refractivity contribution in [3.8, 4) is 16.9 Å². The van der Waals surface area contributed by atoms with Crippen LogP contribution in [0.4, 0.5) is 0 Å². The number of carbonyl (C=O) groups is 1.